The van der Waals surface area contributed by atoms with Crippen molar-refractivity contribution in [2.75, 3.05) is 42.8 Å². The molecule has 1 aliphatic rings. The third kappa shape index (κ3) is 5.39. The predicted molar refractivity (Wildman–Crippen MR) is 148 cm³/mol. The molecule has 4 aromatic rings. The first-order valence-corrected chi connectivity index (χ1v) is 12.5. The van der Waals surface area contributed by atoms with E-state index in [1.165, 1.54) is 12.8 Å². The van der Waals surface area contributed by atoms with E-state index in [-0.39, 0.29) is 5.91 Å². The van der Waals surface area contributed by atoms with Gasteiger partial charge in [0, 0.05) is 48.8 Å². The zero-order chi connectivity index (χ0) is 26.6. The maximum Gasteiger partial charge on any atom is 0.273 e. The number of methoxy groups -OCH3 is 2. The van der Waals surface area contributed by atoms with Gasteiger partial charge in [0.2, 0.25) is 5.95 Å². The Kier molecular flexibility index (Phi) is 7.12. The molecular formula is C28H31N7O3. The third-order valence-electron chi connectivity index (χ3n) is 6.44. The molecule has 10 heteroatoms. The second kappa shape index (κ2) is 10.8. The molecule has 0 unspecified atom stereocenters. The number of rotatable bonds is 8. The summed E-state index contributed by atoms with van der Waals surface area (Å²) in [5, 5.41) is 10.8. The van der Waals surface area contributed by atoms with Crippen molar-refractivity contribution < 1.29 is 14.3 Å². The van der Waals surface area contributed by atoms with Gasteiger partial charge in [0.25, 0.3) is 5.91 Å². The maximum absolute atomic E-state index is 13.1. The van der Waals surface area contributed by atoms with Gasteiger partial charge in [-0.15, -0.1) is 0 Å². The lowest BCUT2D eigenvalue weighted by atomic mass is 10.1. The Labute approximate surface area is 221 Å². The lowest BCUT2D eigenvalue weighted by Crippen LogP contribution is -2.21. The summed E-state index contributed by atoms with van der Waals surface area (Å²) in [5.74, 6) is 2.55. The summed E-state index contributed by atoms with van der Waals surface area (Å²) < 4.78 is 12.4. The Morgan fingerprint density at radius 2 is 1.66 bits per heavy atom. The monoisotopic (exact) mass is 513 g/mol. The van der Waals surface area contributed by atoms with Gasteiger partial charge in [-0.2, -0.15) is 10.1 Å². The van der Waals surface area contributed by atoms with Crippen molar-refractivity contribution in [1.29, 1.82) is 0 Å². The van der Waals surface area contributed by atoms with Gasteiger partial charge in [-0.3, -0.25) is 9.48 Å². The number of amides is 1. The minimum Gasteiger partial charge on any atom is -0.497 e. The van der Waals surface area contributed by atoms with E-state index >= 15 is 0 Å². The van der Waals surface area contributed by atoms with Crippen LogP contribution in [-0.2, 0) is 7.05 Å². The number of benzene rings is 2. The summed E-state index contributed by atoms with van der Waals surface area (Å²) in [4.78, 5) is 24.6. The van der Waals surface area contributed by atoms with Crippen molar-refractivity contribution >= 4 is 29.0 Å². The average Bonchev–Trinajstić information content (AvgIpc) is 3.59. The highest BCUT2D eigenvalue weighted by Gasteiger charge is 2.18. The Balaban J connectivity index is 1.28. The quantitative estimate of drug-likeness (QED) is 0.346. The number of nitrogens with zero attached hydrogens (tertiary/aromatic N) is 5. The van der Waals surface area contributed by atoms with Crippen LogP contribution in [0.15, 0.2) is 54.6 Å². The number of nitrogens with one attached hydrogen (secondary N) is 2. The van der Waals surface area contributed by atoms with Crippen molar-refractivity contribution in [3.05, 3.63) is 66.0 Å². The van der Waals surface area contributed by atoms with E-state index in [4.69, 9.17) is 9.47 Å². The zero-order valence-corrected chi connectivity index (χ0v) is 22.0. The van der Waals surface area contributed by atoms with Crippen molar-refractivity contribution in [2.24, 2.45) is 7.05 Å². The fraction of sp³-hybridized carbons (Fsp3) is 0.286. The summed E-state index contributed by atoms with van der Waals surface area (Å²) in [6, 6.07) is 16.6. The molecule has 0 atom stereocenters. The summed E-state index contributed by atoms with van der Waals surface area (Å²) in [6.07, 6.45) is 2.34. The number of carbonyl (C=O) groups excluding carboxylic acids is 1. The molecule has 0 radical (unpaired) electrons. The van der Waals surface area contributed by atoms with Crippen molar-refractivity contribution in [1.82, 2.24) is 19.7 Å². The molecule has 3 heterocycles. The minimum atomic E-state index is -0.268. The van der Waals surface area contributed by atoms with Crippen LogP contribution < -0.4 is 25.0 Å². The number of aryl methyl sites for hydroxylation is 2. The molecule has 196 valence electrons. The summed E-state index contributed by atoms with van der Waals surface area (Å²) in [7, 11) is 4.93. The highest BCUT2D eigenvalue weighted by molar-refractivity contribution is 6.03. The molecule has 10 nitrogen and oxygen atoms in total. The van der Waals surface area contributed by atoms with E-state index < -0.39 is 0 Å². The molecule has 0 spiro atoms. The Hall–Kier alpha value is -4.60. The van der Waals surface area contributed by atoms with Crippen LogP contribution >= 0.6 is 0 Å². The van der Waals surface area contributed by atoms with Gasteiger partial charge in [0.1, 0.15) is 23.0 Å². The first-order chi connectivity index (χ1) is 18.4. The molecule has 5 rings (SSSR count). The summed E-state index contributed by atoms with van der Waals surface area (Å²) in [5.41, 5.74) is 4.21. The molecule has 2 N–H and O–H groups in total. The summed E-state index contributed by atoms with van der Waals surface area (Å²) in [6.45, 7) is 3.95. The maximum atomic E-state index is 13.1. The van der Waals surface area contributed by atoms with Crippen LogP contribution in [0.5, 0.6) is 11.5 Å². The number of hydrogen-bond donors (Lipinski definition) is 2. The molecule has 1 saturated heterocycles. The SMILES string of the molecule is COc1ccc(OC)c(-c2cc(C(=O)Nc3ccc(Nc4cc(C)nc(N5CCCC5)n4)cc3)n(C)n2)c1. The van der Waals surface area contributed by atoms with E-state index in [9.17, 15) is 4.79 Å². The van der Waals surface area contributed by atoms with E-state index in [0.717, 1.165) is 41.8 Å². The molecule has 1 fully saturated rings. The number of aromatic nitrogens is 4. The van der Waals surface area contributed by atoms with Gasteiger partial charge >= 0.3 is 0 Å². The van der Waals surface area contributed by atoms with Crippen molar-refractivity contribution in [3.8, 4) is 22.8 Å². The van der Waals surface area contributed by atoms with Crippen LogP contribution in [-0.4, -0.2) is 53.0 Å². The Morgan fingerprint density at radius 3 is 2.37 bits per heavy atom. The molecule has 2 aromatic carbocycles. The van der Waals surface area contributed by atoms with Gasteiger partial charge in [0.05, 0.1) is 19.9 Å². The first-order valence-electron chi connectivity index (χ1n) is 12.5. The molecule has 0 aliphatic carbocycles. The largest absolute Gasteiger partial charge is 0.497 e. The minimum absolute atomic E-state index is 0.268. The van der Waals surface area contributed by atoms with Gasteiger partial charge in [0.15, 0.2) is 0 Å². The second-order valence-electron chi connectivity index (χ2n) is 9.15. The number of ether oxygens (including phenoxy) is 2. The van der Waals surface area contributed by atoms with E-state index in [1.807, 2.05) is 55.5 Å². The Bertz CT molecular complexity index is 1440. The van der Waals surface area contributed by atoms with Crippen molar-refractivity contribution in [3.63, 3.8) is 0 Å². The van der Waals surface area contributed by atoms with Gasteiger partial charge in [-0.25, -0.2) is 4.98 Å². The van der Waals surface area contributed by atoms with Gasteiger partial charge < -0.3 is 25.0 Å². The molecule has 1 amide bonds. The number of hydrogen-bond acceptors (Lipinski definition) is 8. The van der Waals surface area contributed by atoms with E-state index in [0.29, 0.717) is 28.6 Å². The standard InChI is InChI=1S/C28H31N7O3/c1-18-15-26(32-28(29-18)35-13-5-6-14-35)30-19-7-9-20(10-8-19)31-27(36)24-17-23(33-34(24)2)22-16-21(37-3)11-12-25(22)38-4/h7-12,15-17H,5-6,13-14H2,1-4H3,(H,31,36)(H,29,30,32). The van der Waals surface area contributed by atoms with Gasteiger partial charge in [-0.1, -0.05) is 0 Å². The van der Waals surface area contributed by atoms with Crippen LogP contribution in [0.1, 0.15) is 29.0 Å². The molecule has 0 saturated carbocycles. The average molecular weight is 514 g/mol. The lowest BCUT2D eigenvalue weighted by Gasteiger charge is -2.17. The van der Waals surface area contributed by atoms with Crippen LogP contribution in [0.25, 0.3) is 11.3 Å². The number of anilines is 4. The van der Waals surface area contributed by atoms with Crippen molar-refractivity contribution in [2.45, 2.75) is 19.8 Å². The van der Waals surface area contributed by atoms with E-state index in [1.54, 1.807) is 32.0 Å². The Morgan fingerprint density at radius 1 is 0.921 bits per heavy atom. The molecule has 38 heavy (non-hydrogen) atoms. The summed E-state index contributed by atoms with van der Waals surface area (Å²) >= 11 is 0. The normalized spacial score (nSPS) is 12.9. The molecule has 0 bridgehead atoms. The molecular weight excluding hydrogens is 482 g/mol. The fourth-order valence-corrected chi connectivity index (χ4v) is 4.48. The third-order valence-corrected chi connectivity index (χ3v) is 6.44. The smallest absolute Gasteiger partial charge is 0.273 e. The van der Waals surface area contributed by atoms with E-state index in [2.05, 4.69) is 30.6 Å². The number of carbonyl (C=O) groups is 1. The topological polar surface area (TPSA) is 106 Å². The predicted octanol–water partition coefficient (Wildman–Crippen LogP) is 4.80. The lowest BCUT2D eigenvalue weighted by molar-refractivity contribution is 0.101. The van der Waals surface area contributed by atoms with Crippen LogP contribution in [0.2, 0.25) is 0 Å². The molecule has 1 aliphatic heterocycles. The van der Waals surface area contributed by atoms with Crippen LogP contribution in [0.3, 0.4) is 0 Å². The van der Waals surface area contributed by atoms with Crippen LogP contribution in [0, 0.1) is 6.92 Å². The highest BCUT2D eigenvalue weighted by Crippen LogP contribution is 2.33. The van der Waals surface area contributed by atoms with Crippen LogP contribution in [0.4, 0.5) is 23.1 Å². The fourth-order valence-electron chi connectivity index (χ4n) is 4.48. The van der Waals surface area contributed by atoms with Gasteiger partial charge in [-0.05, 0) is 68.3 Å². The first kappa shape index (κ1) is 25.1. The highest BCUT2D eigenvalue weighted by atomic mass is 16.5. The second-order valence-corrected chi connectivity index (χ2v) is 9.15. The molecule has 2 aromatic heterocycles. The zero-order valence-electron chi connectivity index (χ0n) is 22.0.